The molecule has 0 N–H and O–H groups in total. The SMILES string of the molecule is COC[C@@H]1CC2(CCN(Cc3ccsc3)CC2)CN1C(C)C. The lowest BCUT2D eigenvalue weighted by Gasteiger charge is -2.39. The van der Waals surface area contributed by atoms with Crippen molar-refractivity contribution in [2.45, 2.75) is 51.7 Å². The zero-order valence-electron chi connectivity index (χ0n) is 14.3. The highest BCUT2D eigenvalue weighted by atomic mass is 32.1. The molecule has 2 aliphatic rings. The van der Waals surface area contributed by atoms with Crippen LogP contribution in [0.1, 0.15) is 38.7 Å². The average Bonchev–Trinajstić information content (AvgIpc) is 3.11. The summed E-state index contributed by atoms with van der Waals surface area (Å²) in [5.74, 6) is 0. The third-order valence-electron chi connectivity index (χ3n) is 5.58. The van der Waals surface area contributed by atoms with Gasteiger partial charge in [-0.25, -0.2) is 0 Å². The molecule has 1 aromatic rings. The van der Waals surface area contributed by atoms with Crippen molar-refractivity contribution in [3.8, 4) is 0 Å². The first kappa shape index (κ1) is 16.4. The summed E-state index contributed by atoms with van der Waals surface area (Å²) in [5.41, 5.74) is 2.02. The van der Waals surface area contributed by atoms with Crippen LogP contribution in [-0.2, 0) is 11.3 Å². The zero-order chi connectivity index (χ0) is 15.6. The second-order valence-corrected chi connectivity index (χ2v) is 8.27. The minimum Gasteiger partial charge on any atom is -0.383 e. The maximum absolute atomic E-state index is 5.48. The van der Waals surface area contributed by atoms with Gasteiger partial charge in [-0.1, -0.05) is 0 Å². The maximum atomic E-state index is 5.48. The van der Waals surface area contributed by atoms with Gasteiger partial charge < -0.3 is 4.74 Å². The zero-order valence-corrected chi connectivity index (χ0v) is 15.1. The van der Waals surface area contributed by atoms with E-state index in [0.29, 0.717) is 17.5 Å². The van der Waals surface area contributed by atoms with Gasteiger partial charge in [-0.2, -0.15) is 11.3 Å². The standard InChI is InChI=1S/C18H30N2OS/c1-15(2)20-14-18(10-17(20)12-21-3)5-7-19(8-6-18)11-16-4-9-22-13-16/h4,9,13,15,17H,5-8,10-12,14H2,1-3H3/t17-/m0/s1. The lowest BCUT2D eigenvalue weighted by molar-refractivity contribution is 0.0916. The molecule has 0 amide bonds. The molecule has 2 saturated heterocycles. The summed E-state index contributed by atoms with van der Waals surface area (Å²) >= 11 is 1.81. The van der Waals surface area contributed by atoms with Crippen LogP contribution >= 0.6 is 11.3 Å². The van der Waals surface area contributed by atoms with Crippen molar-refractivity contribution in [1.82, 2.24) is 9.80 Å². The van der Waals surface area contributed by atoms with Crippen LogP contribution in [-0.4, -0.2) is 55.2 Å². The molecule has 1 spiro atoms. The van der Waals surface area contributed by atoms with Gasteiger partial charge in [-0.15, -0.1) is 0 Å². The summed E-state index contributed by atoms with van der Waals surface area (Å²) in [7, 11) is 1.84. The van der Waals surface area contributed by atoms with Gasteiger partial charge >= 0.3 is 0 Å². The number of nitrogens with zero attached hydrogens (tertiary/aromatic N) is 2. The molecular weight excluding hydrogens is 292 g/mol. The second-order valence-electron chi connectivity index (χ2n) is 7.49. The average molecular weight is 323 g/mol. The van der Waals surface area contributed by atoms with E-state index in [9.17, 15) is 0 Å². The number of hydrogen-bond acceptors (Lipinski definition) is 4. The molecule has 0 radical (unpaired) electrons. The smallest absolute Gasteiger partial charge is 0.0618 e. The number of likely N-dealkylation sites (tertiary alicyclic amines) is 2. The fourth-order valence-corrected chi connectivity index (χ4v) is 5.00. The van der Waals surface area contributed by atoms with E-state index in [1.807, 2.05) is 18.4 Å². The van der Waals surface area contributed by atoms with E-state index in [0.717, 1.165) is 13.2 Å². The van der Waals surface area contributed by atoms with Gasteiger partial charge in [0.25, 0.3) is 0 Å². The van der Waals surface area contributed by atoms with Crippen LogP contribution in [0.4, 0.5) is 0 Å². The minimum absolute atomic E-state index is 0.540. The Morgan fingerprint density at radius 2 is 2.14 bits per heavy atom. The van der Waals surface area contributed by atoms with Gasteiger partial charge in [0.05, 0.1) is 6.61 Å². The van der Waals surface area contributed by atoms with Crippen molar-refractivity contribution >= 4 is 11.3 Å². The monoisotopic (exact) mass is 322 g/mol. The molecule has 0 saturated carbocycles. The van der Waals surface area contributed by atoms with Crippen LogP contribution in [0.5, 0.6) is 0 Å². The quantitative estimate of drug-likeness (QED) is 0.826. The molecule has 1 atom stereocenters. The van der Waals surface area contributed by atoms with Crippen LogP contribution in [0.25, 0.3) is 0 Å². The summed E-state index contributed by atoms with van der Waals surface area (Å²) in [5, 5.41) is 4.47. The summed E-state index contributed by atoms with van der Waals surface area (Å²) < 4.78 is 5.48. The van der Waals surface area contributed by atoms with E-state index >= 15 is 0 Å². The highest BCUT2D eigenvalue weighted by Crippen LogP contribution is 2.44. The molecule has 4 heteroatoms. The lowest BCUT2D eigenvalue weighted by atomic mass is 9.76. The van der Waals surface area contributed by atoms with Gasteiger partial charge in [0.15, 0.2) is 0 Å². The van der Waals surface area contributed by atoms with Crippen molar-refractivity contribution < 1.29 is 4.74 Å². The molecule has 22 heavy (non-hydrogen) atoms. The van der Waals surface area contributed by atoms with E-state index in [2.05, 4.69) is 40.5 Å². The van der Waals surface area contributed by atoms with Gasteiger partial charge in [-0.3, -0.25) is 9.80 Å². The molecule has 3 heterocycles. The molecule has 3 rings (SSSR count). The van der Waals surface area contributed by atoms with Crippen LogP contribution in [0.15, 0.2) is 16.8 Å². The van der Waals surface area contributed by atoms with Crippen LogP contribution in [0, 0.1) is 5.41 Å². The molecule has 0 unspecified atom stereocenters. The van der Waals surface area contributed by atoms with Crippen LogP contribution in [0.2, 0.25) is 0 Å². The molecule has 2 fully saturated rings. The predicted molar refractivity (Wildman–Crippen MR) is 93.4 cm³/mol. The van der Waals surface area contributed by atoms with E-state index < -0.39 is 0 Å². The topological polar surface area (TPSA) is 15.7 Å². The van der Waals surface area contributed by atoms with E-state index in [4.69, 9.17) is 4.74 Å². The maximum Gasteiger partial charge on any atom is 0.0618 e. The van der Waals surface area contributed by atoms with Gasteiger partial charge in [-0.05, 0) is 74.0 Å². The molecule has 0 aromatic carbocycles. The highest BCUT2D eigenvalue weighted by Gasteiger charge is 2.45. The Morgan fingerprint density at radius 3 is 2.73 bits per heavy atom. The van der Waals surface area contributed by atoms with E-state index in [1.54, 1.807) is 0 Å². The Hall–Kier alpha value is -0.420. The molecule has 2 aliphatic heterocycles. The lowest BCUT2D eigenvalue weighted by Crippen LogP contribution is -2.42. The normalized spacial score (nSPS) is 26.3. The first-order valence-corrected chi connectivity index (χ1v) is 9.54. The van der Waals surface area contributed by atoms with Gasteiger partial charge in [0, 0.05) is 32.3 Å². The first-order chi connectivity index (χ1) is 10.6. The second kappa shape index (κ2) is 7.00. The molecule has 124 valence electrons. The number of piperidine rings is 1. The predicted octanol–water partition coefficient (Wildman–Crippen LogP) is 3.46. The van der Waals surface area contributed by atoms with Crippen LogP contribution in [0.3, 0.4) is 0 Å². The Morgan fingerprint density at radius 1 is 1.36 bits per heavy atom. The first-order valence-electron chi connectivity index (χ1n) is 8.60. The summed E-state index contributed by atoms with van der Waals surface area (Å²) in [6.07, 6.45) is 4.02. The molecule has 0 bridgehead atoms. The summed E-state index contributed by atoms with van der Waals surface area (Å²) in [6.45, 7) is 10.4. The number of rotatable bonds is 5. The Kier molecular flexibility index (Phi) is 5.23. The molecule has 3 nitrogen and oxygen atoms in total. The molecule has 0 aliphatic carbocycles. The third-order valence-corrected chi connectivity index (χ3v) is 6.31. The van der Waals surface area contributed by atoms with E-state index in [1.165, 1.54) is 44.5 Å². The third kappa shape index (κ3) is 3.56. The Bertz CT molecular complexity index is 452. The largest absolute Gasteiger partial charge is 0.383 e. The summed E-state index contributed by atoms with van der Waals surface area (Å²) in [6, 6.07) is 3.51. The van der Waals surface area contributed by atoms with Crippen molar-refractivity contribution in [2.75, 3.05) is 33.4 Å². The highest BCUT2D eigenvalue weighted by molar-refractivity contribution is 7.07. The van der Waals surface area contributed by atoms with E-state index in [-0.39, 0.29) is 0 Å². The van der Waals surface area contributed by atoms with Crippen molar-refractivity contribution in [1.29, 1.82) is 0 Å². The van der Waals surface area contributed by atoms with Crippen molar-refractivity contribution in [3.63, 3.8) is 0 Å². The van der Waals surface area contributed by atoms with Gasteiger partial charge in [0.1, 0.15) is 0 Å². The fourth-order valence-electron chi connectivity index (χ4n) is 4.34. The van der Waals surface area contributed by atoms with Crippen molar-refractivity contribution in [3.05, 3.63) is 22.4 Å². The Balaban J connectivity index is 1.57. The fraction of sp³-hybridized carbons (Fsp3) is 0.778. The number of methoxy groups -OCH3 is 1. The van der Waals surface area contributed by atoms with Crippen molar-refractivity contribution in [2.24, 2.45) is 5.41 Å². The minimum atomic E-state index is 0.540. The van der Waals surface area contributed by atoms with Crippen LogP contribution < -0.4 is 0 Å². The Labute approximate surface area is 139 Å². The number of ether oxygens (including phenoxy) is 1. The number of hydrogen-bond donors (Lipinski definition) is 0. The molecular formula is C18H30N2OS. The molecule has 1 aromatic heterocycles. The number of thiophene rings is 1. The summed E-state index contributed by atoms with van der Waals surface area (Å²) in [4.78, 5) is 5.31. The van der Waals surface area contributed by atoms with Gasteiger partial charge in [0.2, 0.25) is 0 Å².